The van der Waals surface area contributed by atoms with Gasteiger partial charge < -0.3 is 45.3 Å². The number of aliphatic carboxylic acids is 2. The van der Waals surface area contributed by atoms with Crippen molar-refractivity contribution in [3.63, 3.8) is 0 Å². The van der Waals surface area contributed by atoms with E-state index in [0.29, 0.717) is 56.8 Å². The summed E-state index contributed by atoms with van der Waals surface area (Å²) in [5.41, 5.74) is 7.37. The number of carboxylic acid groups (broad SMARTS) is 2. The first-order valence-corrected chi connectivity index (χ1v) is 19.4. The van der Waals surface area contributed by atoms with Crippen LogP contribution in [0, 0.1) is 26.2 Å². The first-order chi connectivity index (χ1) is 28.8. The van der Waals surface area contributed by atoms with Crippen LogP contribution in [0.1, 0.15) is 40.7 Å². The first-order valence-electron chi connectivity index (χ1n) is 19.0. The van der Waals surface area contributed by atoms with E-state index in [4.69, 9.17) is 42.6 Å². The van der Waals surface area contributed by atoms with E-state index in [-0.39, 0.29) is 45.9 Å². The van der Waals surface area contributed by atoms with Crippen molar-refractivity contribution in [1.29, 1.82) is 0 Å². The minimum Gasteiger partial charge on any atom is -0.492 e. The molecule has 0 aliphatic heterocycles. The lowest BCUT2D eigenvalue weighted by atomic mass is 9.89. The summed E-state index contributed by atoms with van der Waals surface area (Å²) in [6.45, 7) is 12.3. The van der Waals surface area contributed by atoms with Gasteiger partial charge in [-0.3, -0.25) is 14.6 Å². The number of aliphatic hydroxyl groups is 2. The van der Waals surface area contributed by atoms with E-state index >= 15 is 4.39 Å². The number of nitrogens with one attached hydrogen (secondary N) is 2. The number of carboxylic acids is 2. The maximum absolute atomic E-state index is 15.6. The largest absolute Gasteiger partial charge is 0.492 e. The number of carbonyl (C=O) groups is 2. The van der Waals surface area contributed by atoms with Crippen LogP contribution in [-0.2, 0) is 29.3 Å². The molecule has 4 aromatic carbocycles. The number of aromatic nitrogens is 1. The number of halogens is 2. The van der Waals surface area contributed by atoms with Crippen LogP contribution >= 0.6 is 11.6 Å². The number of aliphatic hydroxyl groups excluding tert-OH is 2. The van der Waals surface area contributed by atoms with Gasteiger partial charge in [0.2, 0.25) is 5.69 Å². The van der Waals surface area contributed by atoms with Gasteiger partial charge in [0, 0.05) is 61.8 Å². The quantitative estimate of drug-likeness (QED) is 0.0303. The highest BCUT2D eigenvalue weighted by Crippen LogP contribution is 2.38. The van der Waals surface area contributed by atoms with Gasteiger partial charge in [-0.25, -0.2) is 9.24 Å². The van der Waals surface area contributed by atoms with Crippen molar-refractivity contribution < 1.29 is 48.6 Å². The molecule has 6 N–H and O–H groups in total. The van der Waals surface area contributed by atoms with E-state index in [0.717, 1.165) is 27.8 Å². The molecule has 1 heterocycles. The highest BCUT2D eigenvalue weighted by Gasteiger charge is 2.18. The monoisotopic (exact) mass is 840 g/mol. The van der Waals surface area contributed by atoms with E-state index in [9.17, 15) is 19.8 Å². The van der Waals surface area contributed by atoms with Gasteiger partial charge in [-0.2, -0.15) is 0 Å². The Labute approximate surface area is 352 Å². The number of nitrogens with zero attached hydrogens (tertiary/aromatic N) is 2. The fraction of sp³-hybridized carbons (Fsp3) is 0.289. The Morgan fingerprint density at radius 3 is 2.12 bits per heavy atom. The maximum atomic E-state index is 15.6. The molecule has 5 rings (SSSR count). The Hall–Kier alpha value is -6.08. The van der Waals surface area contributed by atoms with Crippen molar-refractivity contribution in [3.05, 3.63) is 135 Å². The van der Waals surface area contributed by atoms with Gasteiger partial charge in [0.25, 0.3) is 0 Å². The Kier molecular flexibility index (Phi) is 16.3. The predicted molar refractivity (Wildman–Crippen MR) is 224 cm³/mol. The molecule has 15 heteroatoms. The molecule has 0 bridgehead atoms. The number of rotatable bonds is 22. The SMILES string of the molecule is [C-]#[N+]c1cncc(COc2cc(OCc3cccc(-c4cccc(-c5ccc(OCCNC[C@@H](O)CC(=O)O)cc5F)c4C)c3C)c(Cl)cc2CNC[C@@H](O)CC(=O)O)c1. The zero-order chi connectivity index (χ0) is 43.2. The van der Waals surface area contributed by atoms with E-state index in [1.54, 1.807) is 36.5 Å². The normalized spacial score (nSPS) is 12.0. The molecule has 0 unspecified atom stereocenters. The number of benzene rings is 4. The summed E-state index contributed by atoms with van der Waals surface area (Å²) in [4.78, 5) is 29.2. The molecule has 0 radical (unpaired) electrons. The topological polar surface area (TPSA) is 184 Å². The minimum atomic E-state index is -1.11. The zero-order valence-electron chi connectivity index (χ0n) is 33.1. The Balaban J connectivity index is 1.30. The van der Waals surface area contributed by atoms with Gasteiger partial charge in [0.15, 0.2) is 0 Å². The lowest BCUT2D eigenvalue weighted by molar-refractivity contribution is -0.140. The second kappa shape index (κ2) is 21.8. The highest BCUT2D eigenvalue weighted by molar-refractivity contribution is 6.32. The molecule has 314 valence electrons. The molecule has 0 aliphatic carbocycles. The summed E-state index contributed by atoms with van der Waals surface area (Å²) in [7, 11) is 0. The Bertz CT molecular complexity index is 2340. The van der Waals surface area contributed by atoms with Crippen molar-refractivity contribution in [2.75, 3.05) is 26.2 Å². The van der Waals surface area contributed by atoms with Crippen molar-refractivity contribution in [3.8, 4) is 39.5 Å². The molecular formula is C45H46ClFN4O9. The summed E-state index contributed by atoms with van der Waals surface area (Å²) in [6, 6.07) is 21.3. The molecule has 13 nitrogen and oxygen atoms in total. The molecule has 0 amide bonds. The van der Waals surface area contributed by atoms with Crippen molar-refractivity contribution in [2.24, 2.45) is 0 Å². The molecule has 0 spiro atoms. The number of pyridine rings is 1. The predicted octanol–water partition coefficient (Wildman–Crippen LogP) is 7.26. The zero-order valence-corrected chi connectivity index (χ0v) is 33.8. The van der Waals surface area contributed by atoms with E-state index in [2.05, 4.69) is 20.5 Å². The van der Waals surface area contributed by atoms with Gasteiger partial charge in [-0.05, 0) is 77.1 Å². The van der Waals surface area contributed by atoms with Crippen LogP contribution in [0.5, 0.6) is 17.2 Å². The Morgan fingerprint density at radius 1 is 0.783 bits per heavy atom. The van der Waals surface area contributed by atoms with Gasteiger partial charge in [-0.1, -0.05) is 48.0 Å². The van der Waals surface area contributed by atoms with Crippen molar-refractivity contribution >= 4 is 29.2 Å². The molecule has 0 saturated carbocycles. The van der Waals surface area contributed by atoms with Crippen LogP contribution in [0.2, 0.25) is 5.02 Å². The molecule has 60 heavy (non-hydrogen) atoms. The van der Waals surface area contributed by atoms with Crippen molar-refractivity contribution in [2.45, 2.75) is 58.7 Å². The molecular weight excluding hydrogens is 795 g/mol. The van der Waals surface area contributed by atoms with Crippen LogP contribution in [-0.4, -0.2) is 75.8 Å². The second-order valence-corrected chi connectivity index (χ2v) is 14.4. The second-order valence-electron chi connectivity index (χ2n) is 14.0. The Morgan fingerprint density at radius 2 is 1.43 bits per heavy atom. The first kappa shape index (κ1) is 45.0. The third kappa shape index (κ3) is 12.7. The highest BCUT2D eigenvalue weighted by atomic mass is 35.5. The van der Waals surface area contributed by atoms with Crippen LogP contribution < -0.4 is 24.8 Å². The fourth-order valence-electron chi connectivity index (χ4n) is 6.48. The average molecular weight is 841 g/mol. The van der Waals surface area contributed by atoms with E-state index in [1.165, 1.54) is 12.3 Å². The molecule has 2 atom stereocenters. The summed E-state index contributed by atoms with van der Waals surface area (Å²) >= 11 is 6.74. The summed E-state index contributed by atoms with van der Waals surface area (Å²) in [5, 5.41) is 43.7. The van der Waals surface area contributed by atoms with Crippen LogP contribution in [0.15, 0.2) is 85.2 Å². The fourth-order valence-corrected chi connectivity index (χ4v) is 6.72. The van der Waals surface area contributed by atoms with Crippen LogP contribution in [0.25, 0.3) is 27.1 Å². The van der Waals surface area contributed by atoms with Gasteiger partial charge >= 0.3 is 11.9 Å². The lowest BCUT2D eigenvalue weighted by Crippen LogP contribution is -2.31. The molecule has 0 fully saturated rings. The third-order valence-corrected chi connectivity index (χ3v) is 9.84. The van der Waals surface area contributed by atoms with E-state index < -0.39 is 36.4 Å². The standard InChI is InChI=1S/C45H46ClFN4O9/c1-27-30(26-60-43-19-42(59-25-29-14-32(48-3)22-50-20-29)31(15-40(43)46)21-51-24-34(53)17-45(56)57)6-4-7-36(27)37-8-5-9-38(28(37)2)39-11-10-35(18-41(39)47)58-13-12-49-23-33(52)16-44(54)55/h4-11,14-15,18-20,22,33-34,49,51-53H,12-13,16-17,21,23-26H2,1-2H3,(H,54,55)(H,56,57)/t33-,34-/m0/s1. The van der Waals surface area contributed by atoms with Crippen LogP contribution in [0.4, 0.5) is 10.1 Å². The smallest absolute Gasteiger partial charge is 0.306 e. The molecule has 0 aliphatic rings. The van der Waals surface area contributed by atoms with Gasteiger partial charge in [0.05, 0.1) is 36.6 Å². The lowest BCUT2D eigenvalue weighted by Gasteiger charge is -2.19. The summed E-state index contributed by atoms with van der Waals surface area (Å²) < 4.78 is 33.7. The van der Waals surface area contributed by atoms with Gasteiger partial charge in [-0.15, -0.1) is 0 Å². The number of hydrogen-bond donors (Lipinski definition) is 6. The maximum Gasteiger partial charge on any atom is 0.306 e. The molecule has 1 aromatic heterocycles. The van der Waals surface area contributed by atoms with Crippen LogP contribution in [0.3, 0.4) is 0 Å². The average Bonchev–Trinajstić information content (AvgIpc) is 3.20. The number of ether oxygens (including phenoxy) is 3. The molecule has 5 aromatic rings. The summed E-state index contributed by atoms with van der Waals surface area (Å²) in [6.07, 6.45) is 0.190. The number of hydrogen-bond acceptors (Lipinski definition) is 10. The van der Waals surface area contributed by atoms with E-state index in [1.807, 2.05) is 50.2 Å². The third-order valence-electron chi connectivity index (χ3n) is 9.55. The van der Waals surface area contributed by atoms with Crippen molar-refractivity contribution in [1.82, 2.24) is 15.6 Å². The summed E-state index contributed by atoms with van der Waals surface area (Å²) in [5.74, 6) is -1.54. The minimum absolute atomic E-state index is 0.0271. The van der Waals surface area contributed by atoms with Gasteiger partial charge in [0.1, 0.15) is 42.9 Å². The molecule has 0 saturated heterocycles.